The third-order valence-corrected chi connectivity index (χ3v) is 52.9. The molecule has 0 amide bonds. The summed E-state index contributed by atoms with van der Waals surface area (Å²) in [7, 11) is 15.0. The Hall–Kier alpha value is 1.08. The molecule has 129 valence electrons. The molecule has 1 aliphatic carbocycles. The van der Waals surface area contributed by atoms with Gasteiger partial charge in [0, 0.05) is 0 Å². The number of allylic oxidation sites excluding steroid dienone is 1. The van der Waals surface area contributed by atoms with E-state index >= 15 is 0 Å². The van der Waals surface area contributed by atoms with Gasteiger partial charge in [0.1, 0.15) is 0 Å². The molecule has 1 atom stereocenters. The summed E-state index contributed by atoms with van der Waals surface area (Å²) in [6.07, 6.45) is 2.29. The maximum atomic E-state index is 7.51. The topological polar surface area (TPSA) is 12.0 Å². The minimum atomic E-state index is -4.21. The number of rotatable bonds is 3. The molecule has 2 rings (SSSR count). The van der Waals surface area contributed by atoms with Crippen molar-refractivity contribution in [3.63, 3.8) is 0 Å². The first-order valence-corrected chi connectivity index (χ1v) is 25.0. The standard InChI is InChI=1S/C11H10Br.C4H10N.C2H7Si.2ClH.Zr/c1-7-5-9-3-4-11(12)8(2)10(9)6-7;1-4(2,3)5;1-3-2;;;/h3-6H,1-2H3;5H,1-3H3;3H,1-2H3;2*1H;/q;-1;;;;+3/p-2. The zero-order valence-corrected chi connectivity index (χ0v) is 21.7. The minimum absolute atomic E-state index is 0.0839. The Bertz CT molecular complexity index is 680. The van der Waals surface area contributed by atoms with E-state index in [0.29, 0.717) is 0 Å². The molecule has 0 bridgehead atoms. The number of halogens is 3. The van der Waals surface area contributed by atoms with Crippen molar-refractivity contribution >= 4 is 45.0 Å². The molecule has 0 saturated carbocycles. The average molecular weight is 516 g/mol. The summed E-state index contributed by atoms with van der Waals surface area (Å²) in [6.45, 7) is 15.5. The maximum absolute atomic E-state index is 7.51. The molecule has 6 heteroatoms. The van der Waals surface area contributed by atoms with E-state index in [-0.39, 0.29) is 9.16 Å². The Morgan fingerprint density at radius 3 is 2.22 bits per heavy atom. The summed E-state index contributed by atoms with van der Waals surface area (Å²) in [6, 6.07) is 4.35. The monoisotopic (exact) mass is 512 g/mol. The quantitative estimate of drug-likeness (QED) is 0.454. The SMILES string of the molecule is CC1=Cc2c(ccc(Br)c2C)[CH]1[Zr]([Cl])([Cl])([NH]C(C)(C)C)[SiH](C)C. The second-order valence-corrected chi connectivity index (χ2v) is 49.8. The Morgan fingerprint density at radius 1 is 1.17 bits per heavy atom. The van der Waals surface area contributed by atoms with Gasteiger partial charge < -0.3 is 0 Å². The van der Waals surface area contributed by atoms with E-state index in [1.807, 2.05) is 0 Å². The molecule has 1 unspecified atom stereocenters. The molecular weight excluding hydrogens is 488 g/mol. The molecule has 0 saturated heterocycles. The van der Waals surface area contributed by atoms with E-state index < -0.39 is 21.8 Å². The van der Waals surface area contributed by atoms with Crippen LogP contribution in [-0.4, -0.2) is 11.5 Å². The van der Waals surface area contributed by atoms with Crippen molar-refractivity contribution in [1.82, 2.24) is 3.26 Å². The molecule has 1 aromatic carbocycles. The number of hydrogen-bond acceptors (Lipinski definition) is 1. The fourth-order valence-electron chi connectivity index (χ4n) is 3.69. The van der Waals surface area contributed by atoms with Gasteiger partial charge in [-0.1, -0.05) is 0 Å². The van der Waals surface area contributed by atoms with Crippen LogP contribution in [0.25, 0.3) is 6.08 Å². The van der Waals surface area contributed by atoms with Gasteiger partial charge in [-0.15, -0.1) is 0 Å². The van der Waals surface area contributed by atoms with Crippen LogP contribution in [0.3, 0.4) is 0 Å². The normalized spacial score (nSPS) is 20.2. The van der Waals surface area contributed by atoms with Crippen LogP contribution in [0.4, 0.5) is 0 Å². The second kappa shape index (κ2) is 6.35. The Morgan fingerprint density at radius 2 is 1.74 bits per heavy atom. The van der Waals surface area contributed by atoms with Gasteiger partial charge in [0.05, 0.1) is 0 Å². The summed E-state index contributed by atoms with van der Waals surface area (Å²) < 4.78 is 5.12. The van der Waals surface area contributed by atoms with E-state index in [1.54, 1.807) is 0 Å². The van der Waals surface area contributed by atoms with Crippen LogP contribution >= 0.6 is 33.0 Å². The fraction of sp³-hybridized carbons (Fsp3) is 0.529. The number of hydrogen-bond donors (Lipinski definition) is 1. The van der Waals surface area contributed by atoms with E-state index in [1.165, 1.54) is 22.3 Å². The predicted octanol–water partition coefficient (Wildman–Crippen LogP) is 6.50. The van der Waals surface area contributed by atoms with Crippen molar-refractivity contribution in [2.45, 2.75) is 56.9 Å². The molecule has 1 aliphatic rings. The molecule has 0 heterocycles. The molecule has 23 heavy (non-hydrogen) atoms. The van der Waals surface area contributed by atoms with Gasteiger partial charge in [-0.05, 0) is 0 Å². The summed E-state index contributed by atoms with van der Waals surface area (Å²) in [5.74, 6) is -1.32. The Balaban J connectivity index is 2.70. The summed E-state index contributed by atoms with van der Waals surface area (Å²) in [5, 5.41) is 0. The van der Waals surface area contributed by atoms with E-state index in [0.717, 1.165) is 4.47 Å². The van der Waals surface area contributed by atoms with Crippen LogP contribution < -0.4 is 3.26 Å². The third-order valence-electron chi connectivity index (χ3n) is 4.82. The summed E-state index contributed by atoms with van der Waals surface area (Å²) >= 11 is -0.561. The second-order valence-electron chi connectivity index (χ2n) is 8.18. The number of fused-ring (bicyclic) bond motifs is 1. The molecule has 0 spiro atoms. The van der Waals surface area contributed by atoms with Crippen molar-refractivity contribution in [2.75, 3.05) is 0 Å². The Kier molecular flexibility index (Phi) is 5.63. The van der Waals surface area contributed by atoms with E-state index in [9.17, 15) is 0 Å². The third kappa shape index (κ3) is 3.64. The summed E-state index contributed by atoms with van der Waals surface area (Å²) in [4.78, 5) is 0. The van der Waals surface area contributed by atoms with Gasteiger partial charge >= 0.3 is 160 Å². The van der Waals surface area contributed by atoms with Crippen LogP contribution in [0.15, 0.2) is 22.2 Å². The fourth-order valence-corrected chi connectivity index (χ4v) is 32.2. The Labute approximate surface area is 158 Å². The van der Waals surface area contributed by atoms with Gasteiger partial charge in [0.25, 0.3) is 0 Å². The number of nitrogens with one attached hydrogen (secondary N) is 1. The first-order valence-electron chi connectivity index (χ1n) is 8.11. The average Bonchev–Trinajstić information content (AvgIpc) is 2.69. The van der Waals surface area contributed by atoms with Crippen LogP contribution in [0.1, 0.15) is 48.0 Å². The molecule has 1 N–H and O–H groups in total. The van der Waals surface area contributed by atoms with Gasteiger partial charge in [-0.3, -0.25) is 0 Å². The number of benzene rings is 1. The van der Waals surface area contributed by atoms with Crippen LogP contribution in [0.5, 0.6) is 0 Å². The zero-order chi connectivity index (χ0) is 17.8. The van der Waals surface area contributed by atoms with Crippen molar-refractivity contribution in [2.24, 2.45) is 0 Å². The van der Waals surface area contributed by atoms with Gasteiger partial charge in [-0.25, -0.2) is 0 Å². The van der Waals surface area contributed by atoms with Crippen molar-refractivity contribution in [1.29, 1.82) is 0 Å². The molecule has 0 aliphatic heterocycles. The van der Waals surface area contributed by atoms with Crippen LogP contribution in [-0.2, 0) is 15.8 Å². The van der Waals surface area contributed by atoms with Gasteiger partial charge in [0.15, 0.2) is 0 Å². The van der Waals surface area contributed by atoms with Crippen molar-refractivity contribution < 1.29 is 15.8 Å². The molecule has 0 aromatic heterocycles. The zero-order valence-electron chi connectivity index (χ0n) is 15.0. The van der Waals surface area contributed by atoms with Crippen molar-refractivity contribution in [3.05, 3.63) is 38.9 Å². The molecular formula is C17H27BrCl2NSiZr. The van der Waals surface area contributed by atoms with Gasteiger partial charge in [0.2, 0.25) is 0 Å². The first-order chi connectivity index (χ1) is 10.3. The van der Waals surface area contributed by atoms with Crippen molar-refractivity contribution in [3.8, 4) is 0 Å². The molecule has 0 fully saturated rings. The van der Waals surface area contributed by atoms with Crippen LogP contribution in [0.2, 0.25) is 13.1 Å². The van der Waals surface area contributed by atoms with E-state index in [2.05, 4.69) is 85.1 Å². The summed E-state index contributed by atoms with van der Waals surface area (Å²) in [5.41, 5.74) is 5.12. The molecule has 0 radical (unpaired) electrons. The molecule has 1 nitrogen and oxygen atoms in total. The molecule has 1 aromatic rings. The van der Waals surface area contributed by atoms with E-state index in [4.69, 9.17) is 17.0 Å². The predicted molar refractivity (Wildman–Crippen MR) is 109 cm³/mol. The first kappa shape index (κ1) is 20.4. The van der Waals surface area contributed by atoms with Crippen LogP contribution in [0, 0.1) is 6.92 Å². The van der Waals surface area contributed by atoms with Gasteiger partial charge in [-0.2, -0.15) is 0 Å².